The molecule has 4 rings (SSSR count). The molecular weight excluding hydrogens is 294 g/mol. The van der Waals surface area contributed by atoms with Gasteiger partial charge in [0.2, 0.25) is 0 Å². The third kappa shape index (κ3) is 2.69. The summed E-state index contributed by atoms with van der Waals surface area (Å²) in [6.07, 6.45) is 3.28. The first-order chi connectivity index (χ1) is 11.7. The monoisotopic (exact) mass is 315 g/mol. The zero-order valence-electron chi connectivity index (χ0n) is 13.9. The van der Waals surface area contributed by atoms with Gasteiger partial charge in [0.15, 0.2) is 5.78 Å². The summed E-state index contributed by atoms with van der Waals surface area (Å²) in [7, 11) is 0. The molecule has 24 heavy (non-hydrogen) atoms. The standard InChI is InChI=1S/C22H21NO/c1-15(24)22-20-9-5-8-17(20)12-18-10-11-19(13-21(18)22)23-14-16-6-3-2-4-7-16/h2-4,6-7,10-13,23H,5,8-9,14H2,1H3. The largest absolute Gasteiger partial charge is 0.381 e. The van der Waals surface area contributed by atoms with Crippen LogP contribution in [0, 0.1) is 0 Å². The molecule has 0 atom stereocenters. The van der Waals surface area contributed by atoms with Crippen LogP contribution in [0.15, 0.2) is 54.6 Å². The van der Waals surface area contributed by atoms with Crippen LogP contribution in [0.5, 0.6) is 0 Å². The quantitative estimate of drug-likeness (QED) is 0.675. The highest BCUT2D eigenvalue weighted by molar-refractivity contribution is 6.09. The second-order valence-electron chi connectivity index (χ2n) is 6.57. The summed E-state index contributed by atoms with van der Waals surface area (Å²) in [5, 5.41) is 5.73. The van der Waals surface area contributed by atoms with Crippen molar-refractivity contribution in [3.8, 4) is 0 Å². The summed E-state index contributed by atoms with van der Waals surface area (Å²) in [6.45, 7) is 2.48. The van der Waals surface area contributed by atoms with E-state index in [-0.39, 0.29) is 5.78 Å². The summed E-state index contributed by atoms with van der Waals surface area (Å²) < 4.78 is 0. The lowest BCUT2D eigenvalue weighted by molar-refractivity contribution is 0.101. The Bertz CT molecular complexity index is 912. The van der Waals surface area contributed by atoms with E-state index in [1.807, 2.05) is 6.07 Å². The highest BCUT2D eigenvalue weighted by Crippen LogP contribution is 2.34. The molecule has 0 heterocycles. The summed E-state index contributed by atoms with van der Waals surface area (Å²) in [4.78, 5) is 12.3. The van der Waals surface area contributed by atoms with Crippen molar-refractivity contribution in [2.45, 2.75) is 32.7 Å². The molecule has 0 unspecified atom stereocenters. The van der Waals surface area contributed by atoms with E-state index in [9.17, 15) is 4.79 Å². The van der Waals surface area contributed by atoms with Crippen molar-refractivity contribution in [2.24, 2.45) is 0 Å². The second-order valence-corrected chi connectivity index (χ2v) is 6.57. The molecule has 3 aromatic carbocycles. The van der Waals surface area contributed by atoms with Crippen LogP contribution >= 0.6 is 0 Å². The van der Waals surface area contributed by atoms with Crippen LogP contribution < -0.4 is 5.32 Å². The SMILES string of the molecule is CC(=O)c1c2c(cc3ccc(NCc4ccccc4)cc13)CCC2. The van der Waals surface area contributed by atoms with Crippen LogP contribution in [0.1, 0.15) is 40.4 Å². The van der Waals surface area contributed by atoms with E-state index < -0.39 is 0 Å². The fourth-order valence-electron chi connectivity index (χ4n) is 3.77. The van der Waals surface area contributed by atoms with Gasteiger partial charge in [0, 0.05) is 17.8 Å². The van der Waals surface area contributed by atoms with E-state index >= 15 is 0 Å². The number of aryl methyl sites for hydroxylation is 1. The average molecular weight is 315 g/mol. The molecule has 0 aromatic heterocycles. The fraction of sp³-hybridized carbons (Fsp3) is 0.227. The Kier molecular flexibility index (Phi) is 3.81. The van der Waals surface area contributed by atoms with E-state index in [4.69, 9.17) is 0 Å². The first-order valence-corrected chi connectivity index (χ1v) is 8.59. The van der Waals surface area contributed by atoms with Crippen LogP contribution in [0.3, 0.4) is 0 Å². The lowest BCUT2D eigenvalue weighted by atomic mass is 9.93. The number of carbonyl (C=O) groups is 1. The number of Topliss-reactive ketones (excluding diaryl/α,β-unsaturated/α-hetero) is 1. The Labute approximate surface area is 142 Å². The molecule has 0 amide bonds. The topological polar surface area (TPSA) is 29.1 Å². The number of fused-ring (bicyclic) bond motifs is 2. The predicted molar refractivity (Wildman–Crippen MR) is 99.7 cm³/mol. The number of benzene rings is 3. The van der Waals surface area contributed by atoms with Gasteiger partial charge in [0.25, 0.3) is 0 Å². The molecule has 0 saturated carbocycles. The van der Waals surface area contributed by atoms with Crippen molar-refractivity contribution in [1.29, 1.82) is 0 Å². The molecular formula is C22H21NO. The molecule has 0 aliphatic heterocycles. The first-order valence-electron chi connectivity index (χ1n) is 8.59. The zero-order valence-corrected chi connectivity index (χ0v) is 13.9. The third-order valence-electron chi connectivity index (χ3n) is 4.91. The smallest absolute Gasteiger partial charge is 0.160 e. The van der Waals surface area contributed by atoms with Gasteiger partial charge in [0.05, 0.1) is 0 Å². The highest BCUT2D eigenvalue weighted by Gasteiger charge is 2.20. The molecule has 2 nitrogen and oxygen atoms in total. The molecule has 120 valence electrons. The van der Waals surface area contributed by atoms with Gasteiger partial charge in [-0.05, 0) is 65.8 Å². The summed E-state index contributed by atoms with van der Waals surface area (Å²) >= 11 is 0. The average Bonchev–Trinajstić information content (AvgIpc) is 3.06. The van der Waals surface area contributed by atoms with Crippen LogP contribution in [-0.2, 0) is 19.4 Å². The van der Waals surface area contributed by atoms with Crippen LogP contribution in [-0.4, -0.2) is 5.78 Å². The van der Waals surface area contributed by atoms with Crippen molar-refractivity contribution in [3.05, 3.63) is 76.9 Å². The van der Waals surface area contributed by atoms with E-state index in [1.54, 1.807) is 6.92 Å². The molecule has 1 aliphatic carbocycles. The van der Waals surface area contributed by atoms with Gasteiger partial charge >= 0.3 is 0 Å². The maximum atomic E-state index is 12.3. The van der Waals surface area contributed by atoms with Crippen molar-refractivity contribution < 1.29 is 4.79 Å². The van der Waals surface area contributed by atoms with Crippen molar-refractivity contribution in [2.75, 3.05) is 5.32 Å². The highest BCUT2D eigenvalue weighted by atomic mass is 16.1. The van der Waals surface area contributed by atoms with Gasteiger partial charge in [0.1, 0.15) is 0 Å². The maximum absolute atomic E-state index is 12.3. The summed E-state index contributed by atoms with van der Waals surface area (Å²) in [6, 6.07) is 19.0. The van der Waals surface area contributed by atoms with Gasteiger partial charge in [-0.2, -0.15) is 0 Å². The number of nitrogens with one attached hydrogen (secondary N) is 1. The van der Waals surface area contributed by atoms with Crippen LogP contribution in [0.25, 0.3) is 10.8 Å². The third-order valence-corrected chi connectivity index (χ3v) is 4.91. The van der Waals surface area contributed by atoms with Crippen molar-refractivity contribution in [3.63, 3.8) is 0 Å². The molecule has 0 radical (unpaired) electrons. The van der Waals surface area contributed by atoms with Gasteiger partial charge in [-0.25, -0.2) is 0 Å². The van der Waals surface area contributed by atoms with E-state index in [0.717, 1.165) is 42.4 Å². The minimum atomic E-state index is 0.180. The van der Waals surface area contributed by atoms with E-state index in [0.29, 0.717) is 0 Å². The van der Waals surface area contributed by atoms with E-state index in [1.165, 1.54) is 22.1 Å². The molecule has 0 spiro atoms. The zero-order chi connectivity index (χ0) is 16.5. The number of ketones is 1. The minimum Gasteiger partial charge on any atom is -0.381 e. The molecule has 0 fully saturated rings. The Morgan fingerprint density at radius 2 is 1.88 bits per heavy atom. The molecule has 0 bridgehead atoms. The molecule has 1 aliphatic rings. The first kappa shape index (κ1) is 14.9. The normalized spacial score (nSPS) is 13.0. The molecule has 2 heteroatoms. The number of rotatable bonds is 4. The van der Waals surface area contributed by atoms with Gasteiger partial charge in [-0.1, -0.05) is 42.5 Å². The number of anilines is 1. The Balaban J connectivity index is 1.73. The van der Waals surface area contributed by atoms with Gasteiger partial charge in [-0.15, -0.1) is 0 Å². The number of hydrogen-bond donors (Lipinski definition) is 1. The Morgan fingerprint density at radius 1 is 1.04 bits per heavy atom. The summed E-state index contributed by atoms with van der Waals surface area (Å²) in [5.74, 6) is 0.180. The lowest BCUT2D eigenvalue weighted by Crippen LogP contribution is -2.03. The molecule has 1 N–H and O–H groups in total. The molecule has 3 aromatic rings. The lowest BCUT2D eigenvalue weighted by Gasteiger charge is -2.13. The minimum absolute atomic E-state index is 0.180. The second kappa shape index (κ2) is 6.12. The Hall–Kier alpha value is -2.61. The van der Waals surface area contributed by atoms with Crippen LogP contribution in [0.2, 0.25) is 0 Å². The van der Waals surface area contributed by atoms with Gasteiger partial charge < -0.3 is 5.32 Å². The molecule has 0 saturated heterocycles. The number of hydrogen-bond acceptors (Lipinski definition) is 2. The van der Waals surface area contributed by atoms with Crippen molar-refractivity contribution in [1.82, 2.24) is 0 Å². The van der Waals surface area contributed by atoms with Gasteiger partial charge in [-0.3, -0.25) is 4.79 Å². The van der Waals surface area contributed by atoms with Crippen LogP contribution in [0.4, 0.5) is 5.69 Å². The van der Waals surface area contributed by atoms with E-state index in [2.05, 4.69) is 53.8 Å². The predicted octanol–water partition coefficient (Wildman–Crippen LogP) is 5.14. The number of carbonyl (C=O) groups excluding carboxylic acids is 1. The fourth-order valence-corrected chi connectivity index (χ4v) is 3.77. The Morgan fingerprint density at radius 3 is 2.67 bits per heavy atom. The maximum Gasteiger partial charge on any atom is 0.160 e. The van der Waals surface area contributed by atoms with Crippen molar-refractivity contribution >= 4 is 22.2 Å². The summed E-state index contributed by atoms with van der Waals surface area (Å²) in [5.41, 5.74) is 5.88.